The van der Waals surface area contributed by atoms with Gasteiger partial charge in [0.1, 0.15) is 0 Å². The zero-order chi connectivity index (χ0) is 20.3. The number of nitrogens with one attached hydrogen (secondary N) is 1. The molecule has 0 saturated carbocycles. The molecule has 2 aromatic carbocycles. The van der Waals surface area contributed by atoms with Crippen molar-refractivity contribution < 1.29 is 13.2 Å². The summed E-state index contributed by atoms with van der Waals surface area (Å²) in [5.41, 5.74) is 1.90. The summed E-state index contributed by atoms with van der Waals surface area (Å²) >= 11 is 0. The van der Waals surface area contributed by atoms with Gasteiger partial charge in [-0.1, -0.05) is 18.6 Å². The van der Waals surface area contributed by atoms with Crippen molar-refractivity contribution >= 4 is 21.6 Å². The molecule has 7 heteroatoms. The summed E-state index contributed by atoms with van der Waals surface area (Å²) in [6, 6.07) is 13.2. The minimum absolute atomic E-state index is 0.0500. The highest BCUT2D eigenvalue weighted by Gasteiger charge is 2.31. The van der Waals surface area contributed by atoms with Crippen molar-refractivity contribution in [3.63, 3.8) is 0 Å². The van der Waals surface area contributed by atoms with E-state index in [9.17, 15) is 13.2 Å². The molecule has 1 atom stereocenters. The smallest absolute Gasteiger partial charge is 0.255 e. The van der Waals surface area contributed by atoms with Gasteiger partial charge in [-0.25, -0.2) is 8.42 Å². The van der Waals surface area contributed by atoms with Gasteiger partial charge in [0.05, 0.1) is 16.5 Å². The van der Waals surface area contributed by atoms with Gasteiger partial charge in [-0.05, 0) is 62.6 Å². The molecule has 1 heterocycles. The molecule has 0 bridgehead atoms. The highest BCUT2D eigenvalue weighted by Crippen LogP contribution is 2.26. The van der Waals surface area contributed by atoms with Crippen molar-refractivity contribution in [1.82, 2.24) is 4.31 Å². The first-order chi connectivity index (χ1) is 13.3. The lowest BCUT2D eigenvalue weighted by atomic mass is 10.1. The average Bonchev–Trinajstić information content (AvgIpc) is 2.68. The lowest BCUT2D eigenvalue weighted by Crippen LogP contribution is -2.42. The van der Waals surface area contributed by atoms with Crippen molar-refractivity contribution in [3.8, 4) is 6.07 Å². The molecule has 146 valence electrons. The normalized spacial score (nSPS) is 17.7. The Balaban J connectivity index is 1.90. The van der Waals surface area contributed by atoms with E-state index in [1.54, 1.807) is 43.3 Å². The van der Waals surface area contributed by atoms with Gasteiger partial charge in [0, 0.05) is 23.8 Å². The van der Waals surface area contributed by atoms with E-state index in [1.807, 2.05) is 13.0 Å². The highest BCUT2D eigenvalue weighted by molar-refractivity contribution is 7.89. The number of hydrogen-bond acceptors (Lipinski definition) is 4. The van der Waals surface area contributed by atoms with Crippen LogP contribution in [0, 0.1) is 18.3 Å². The lowest BCUT2D eigenvalue weighted by Gasteiger charge is -2.32. The summed E-state index contributed by atoms with van der Waals surface area (Å²) in [5, 5.41) is 11.7. The number of amides is 1. The van der Waals surface area contributed by atoms with Gasteiger partial charge in [-0.3, -0.25) is 4.79 Å². The van der Waals surface area contributed by atoms with Gasteiger partial charge in [-0.2, -0.15) is 9.57 Å². The minimum Gasteiger partial charge on any atom is -0.322 e. The molecule has 1 unspecified atom stereocenters. The second kappa shape index (κ2) is 8.13. The van der Waals surface area contributed by atoms with Crippen molar-refractivity contribution in [1.29, 1.82) is 5.26 Å². The molecule has 1 amide bonds. The predicted molar refractivity (Wildman–Crippen MR) is 107 cm³/mol. The maximum absolute atomic E-state index is 13.1. The molecule has 0 radical (unpaired) electrons. The number of carbonyl (C=O) groups excluding carboxylic acids is 1. The number of nitrogens with zero attached hydrogens (tertiary/aromatic N) is 2. The molecule has 2 aromatic rings. The molecule has 6 nitrogen and oxygen atoms in total. The topological polar surface area (TPSA) is 90.3 Å². The maximum atomic E-state index is 13.1. The first kappa shape index (κ1) is 20.1. The molecule has 1 N–H and O–H groups in total. The van der Waals surface area contributed by atoms with Gasteiger partial charge >= 0.3 is 0 Å². The zero-order valence-electron chi connectivity index (χ0n) is 16.0. The Labute approximate surface area is 165 Å². The number of piperidine rings is 1. The van der Waals surface area contributed by atoms with E-state index in [4.69, 9.17) is 5.26 Å². The minimum atomic E-state index is -3.66. The molecule has 0 spiro atoms. The van der Waals surface area contributed by atoms with Crippen LogP contribution in [0.3, 0.4) is 0 Å². The van der Waals surface area contributed by atoms with Gasteiger partial charge < -0.3 is 5.32 Å². The molecule has 28 heavy (non-hydrogen) atoms. The van der Waals surface area contributed by atoms with Gasteiger partial charge in [0.2, 0.25) is 10.0 Å². The van der Waals surface area contributed by atoms with Crippen LogP contribution in [0.15, 0.2) is 47.4 Å². The summed E-state index contributed by atoms with van der Waals surface area (Å²) in [6.45, 7) is 4.18. The van der Waals surface area contributed by atoms with E-state index in [1.165, 1.54) is 10.4 Å². The van der Waals surface area contributed by atoms with Crippen molar-refractivity contribution in [2.24, 2.45) is 0 Å². The number of aryl methyl sites for hydroxylation is 1. The summed E-state index contributed by atoms with van der Waals surface area (Å²) in [6.07, 6.45) is 2.71. The molecule has 0 aliphatic carbocycles. The molecular weight excluding hydrogens is 374 g/mol. The number of nitriles is 1. The SMILES string of the molecule is Cc1ccc(S(=O)(=O)N2CCCCC2C)cc1C(=O)Nc1cccc(C#N)c1. The Kier molecular flexibility index (Phi) is 5.82. The number of anilines is 1. The quantitative estimate of drug-likeness (QED) is 0.852. The third kappa shape index (κ3) is 4.08. The largest absolute Gasteiger partial charge is 0.322 e. The highest BCUT2D eigenvalue weighted by atomic mass is 32.2. The van der Waals surface area contributed by atoms with Crippen LogP contribution >= 0.6 is 0 Å². The fraction of sp³-hybridized carbons (Fsp3) is 0.333. The fourth-order valence-corrected chi connectivity index (χ4v) is 5.16. The van der Waals surface area contributed by atoms with E-state index in [-0.39, 0.29) is 10.9 Å². The number of rotatable bonds is 4. The molecule has 1 saturated heterocycles. The van der Waals surface area contributed by atoms with Gasteiger partial charge in [-0.15, -0.1) is 0 Å². The van der Waals surface area contributed by atoms with E-state index in [0.29, 0.717) is 28.9 Å². The fourth-order valence-electron chi connectivity index (χ4n) is 3.44. The Morgan fingerprint density at radius 1 is 1.21 bits per heavy atom. The predicted octanol–water partition coefficient (Wildman–Crippen LogP) is 3.68. The number of benzene rings is 2. The van der Waals surface area contributed by atoms with Gasteiger partial charge in [0.25, 0.3) is 5.91 Å². The molecule has 1 aliphatic rings. The van der Waals surface area contributed by atoms with Crippen LogP contribution in [0.1, 0.15) is 47.7 Å². The zero-order valence-corrected chi connectivity index (χ0v) is 16.8. The van der Waals surface area contributed by atoms with Crippen molar-refractivity contribution in [3.05, 3.63) is 59.2 Å². The van der Waals surface area contributed by atoms with E-state index in [0.717, 1.165) is 19.3 Å². The van der Waals surface area contributed by atoms with Crippen LogP contribution < -0.4 is 5.32 Å². The van der Waals surface area contributed by atoms with E-state index in [2.05, 4.69) is 5.32 Å². The van der Waals surface area contributed by atoms with Crippen LogP contribution in [0.4, 0.5) is 5.69 Å². The molecule has 1 fully saturated rings. The Morgan fingerprint density at radius 2 is 2.00 bits per heavy atom. The second-order valence-electron chi connectivity index (χ2n) is 7.08. The summed E-state index contributed by atoms with van der Waals surface area (Å²) in [4.78, 5) is 12.9. The van der Waals surface area contributed by atoms with Crippen LogP contribution in [0.25, 0.3) is 0 Å². The van der Waals surface area contributed by atoms with Crippen LogP contribution in [-0.4, -0.2) is 31.2 Å². The molecular formula is C21H23N3O3S. The Morgan fingerprint density at radius 3 is 2.71 bits per heavy atom. The second-order valence-corrected chi connectivity index (χ2v) is 8.97. The lowest BCUT2D eigenvalue weighted by molar-refractivity contribution is 0.102. The third-order valence-corrected chi connectivity index (χ3v) is 7.06. The van der Waals surface area contributed by atoms with Crippen molar-refractivity contribution in [2.75, 3.05) is 11.9 Å². The van der Waals surface area contributed by atoms with Crippen LogP contribution in [0.2, 0.25) is 0 Å². The van der Waals surface area contributed by atoms with Crippen LogP contribution in [-0.2, 0) is 10.0 Å². The summed E-state index contributed by atoms with van der Waals surface area (Å²) < 4.78 is 27.7. The number of hydrogen-bond donors (Lipinski definition) is 1. The standard InChI is InChI=1S/C21H23N3O3S/c1-15-9-10-19(28(26,27)24-11-4-3-6-16(24)2)13-20(15)21(25)23-18-8-5-7-17(12-18)14-22/h5,7-10,12-13,16H,3-4,6,11H2,1-2H3,(H,23,25). The number of sulfonamides is 1. The Hall–Kier alpha value is -2.69. The monoisotopic (exact) mass is 397 g/mol. The first-order valence-corrected chi connectivity index (χ1v) is 10.7. The van der Waals surface area contributed by atoms with Gasteiger partial charge in [0.15, 0.2) is 0 Å². The first-order valence-electron chi connectivity index (χ1n) is 9.27. The third-order valence-electron chi connectivity index (χ3n) is 5.05. The van der Waals surface area contributed by atoms with E-state index < -0.39 is 15.9 Å². The molecule has 3 rings (SSSR count). The van der Waals surface area contributed by atoms with E-state index >= 15 is 0 Å². The van der Waals surface area contributed by atoms with Crippen LogP contribution in [0.5, 0.6) is 0 Å². The molecule has 0 aromatic heterocycles. The van der Waals surface area contributed by atoms with Crippen molar-refractivity contribution in [2.45, 2.75) is 44.0 Å². The summed E-state index contributed by atoms with van der Waals surface area (Å²) in [5.74, 6) is -0.406. The average molecular weight is 398 g/mol. The molecule has 1 aliphatic heterocycles. The Bertz CT molecular complexity index is 1040. The number of carbonyl (C=O) groups is 1. The maximum Gasteiger partial charge on any atom is 0.255 e. The summed E-state index contributed by atoms with van der Waals surface area (Å²) in [7, 11) is -3.66.